The number of nitro benzene ring substituents is 1. The van der Waals surface area contributed by atoms with Gasteiger partial charge in [-0.3, -0.25) is 10.1 Å². The van der Waals surface area contributed by atoms with E-state index >= 15 is 0 Å². The molecule has 0 amide bonds. The molecule has 2 aromatic rings. The Morgan fingerprint density at radius 3 is 2.55 bits per heavy atom. The highest BCUT2D eigenvalue weighted by Gasteiger charge is 2.08. The van der Waals surface area contributed by atoms with Gasteiger partial charge in [0.2, 0.25) is 0 Å². The van der Waals surface area contributed by atoms with Gasteiger partial charge in [0.1, 0.15) is 5.82 Å². The Morgan fingerprint density at radius 1 is 1.25 bits per heavy atom. The molecule has 0 aliphatic carbocycles. The predicted octanol–water partition coefficient (Wildman–Crippen LogP) is 3.18. The van der Waals surface area contributed by atoms with Gasteiger partial charge in [-0.15, -0.1) is 0 Å². The molecule has 6 nitrogen and oxygen atoms in total. The SMILES string of the molecule is CCCNc1cc(C)nc(-c2ccc([N+](=O)[O-])cc2)n1. The van der Waals surface area contributed by atoms with Crippen LogP contribution in [0.3, 0.4) is 0 Å². The lowest BCUT2D eigenvalue weighted by Crippen LogP contribution is -2.04. The van der Waals surface area contributed by atoms with Gasteiger partial charge in [0, 0.05) is 36.0 Å². The number of nitro groups is 1. The summed E-state index contributed by atoms with van der Waals surface area (Å²) in [6.07, 6.45) is 1.01. The van der Waals surface area contributed by atoms with E-state index in [0.717, 1.165) is 30.0 Å². The first kappa shape index (κ1) is 13.9. The third-order valence-electron chi connectivity index (χ3n) is 2.75. The van der Waals surface area contributed by atoms with Crippen LogP contribution in [0.2, 0.25) is 0 Å². The summed E-state index contributed by atoms with van der Waals surface area (Å²) in [6, 6.07) is 8.12. The van der Waals surface area contributed by atoms with Crippen molar-refractivity contribution >= 4 is 11.5 Å². The minimum absolute atomic E-state index is 0.0609. The number of anilines is 1. The normalized spacial score (nSPS) is 10.3. The largest absolute Gasteiger partial charge is 0.370 e. The van der Waals surface area contributed by atoms with E-state index in [4.69, 9.17) is 0 Å². The smallest absolute Gasteiger partial charge is 0.269 e. The summed E-state index contributed by atoms with van der Waals surface area (Å²) in [6.45, 7) is 4.82. The number of nitrogens with one attached hydrogen (secondary N) is 1. The first-order valence-electron chi connectivity index (χ1n) is 6.44. The lowest BCUT2D eigenvalue weighted by atomic mass is 10.2. The summed E-state index contributed by atoms with van der Waals surface area (Å²) < 4.78 is 0. The molecule has 104 valence electrons. The molecule has 0 saturated carbocycles. The van der Waals surface area contributed by atoms with Crippen molar-refractivity contribution in [3.05, 3.63) is 46.1 Å². The first-order chi connectivity index (χ1) is 9.60. The molecule has 0 spiro atoms. The van der Waals surface area contributed by atoms with Crippen LogP contribution < -0.4 is 5.32 Å². The maximum absolute atomic E-state index is 10.6. The number of aryl methyl sites for hydroxylation is 1. The molecular formula is C14H16N4O2. The molecule has 1 aromatic heterocycles. The first-order valence-corrected chi connectivity index (χ1v) is 6.44. The molecule has 6 heteroatoms. The van der Waals surface area contributed by atoms with Gasteiger partial charge in [-0.1, -0.05) is 6.92 Å². The van der Waals surface area contributed by atoms with E-state index < -0.39 is 4.92 Å². The highest BCUT2D eigenvalue weighted by Crippen LogP contribution is 2.21. The van der Waals surface area contributed by atoms with Crippen LogP contribution in [0.25, 0.3) is 11.4 Å². The maximum atomic E-state index is 10.6. The zero-order valence-corrected chi connectivity index (χ0v) is 11.5. The standard InChI is InChI=1S/C14H16N4O2/c1-3-8-15-13-9-10(2)16-14(17-13)11-4-6-12(7-5-11)18(19)20/h4-7,9H,3,8H2,1-2H3,(H,15,16,17). The average Bonchev–Trinajstić information content (AvgIpc) is 2.44. The van der Waals surface area contributed by atoms with E-state index in [1.54, 1.807) is 12.1 Å². The van der Waals surface area contributed by atoms with Gasteiger partial charge in [0.15, 0.2) is 5.82 Å². The Balaban J connectivity index is 2.31. The van der Waals surface area contributed by atoms with Gasteiger partial charge in [-0.25, -0.2) is 9.97 Å². The van der Waals surface area contributed by atoms with Crippen molar-refractivity contribution < 1.29 is 4.92 Å². The van der Waals surface area contributed by atoms with Gasteiger partial charge < -0.3 is 5.32 Å². The van der Waals surface area contributed by atoms with E-state index in [-0.39, 0.29) is 5.69 Å². The van der Waals surface area contributed by atoms with Gasteiger partial charge in [0.05, 0.1) is 4.92 Å². The van der Waals surface area contributed by atoms with Crippen LogP contribution in [-0.4, -0.2) is 21.4 Å². The fourth-order valence-corrected chi connectivity index (χ4v) is 1.77. The number of nitrogens with zero attached hydrogens (tertiary/aromatic N) is 3. The lowest BCUT2D eigenvalue weighted by molar-refractivity contribution is -0.384. The number of rotatable bonds is 5. The molecule has 0 aliphatic rings. The highest BCUT2D eigenvalue weighted by atomic mass is 16.6. The number of hydrogen-bond acceptors (Lipinski definition) is 5. The van der Waals surface area contributed by atoms with Gasteiger partial charge in [0.25, 0.3) is 5.69 Å². The number of aromatic nitrogens is 2. The van der Waals surface area contributed by atoms with Crippen LogP contribution in [0.1, 0.15) is 19.0 Å². The number of benzene rings is 1. The molecular weight excluding hydrogens is 256 g/mol. The van der Waals surface area contributed by atoms with E-state index in [0.29, 0.717) is 5.82 Å². The zero-order chi connectivity index (χ0) is 14.5. The molecule has 0 bridgehead atoms. The summed E-state index contributed by atoms with van der Waals surface area (Å²) in [5.74, 6) is 1.34. The highest BCUT2D eigenvalue weighted by molar-refractivity contribution is 5.59. The fourth-order valence-electron chi connectivity index (χ4n) is 1.77. The van der Waals surface area contributed by atoms with Crippen LogP contribution >= 0.6 is 0 Å². The summed E-state index contributed by atoms with van der Waals surface area (Å²) in [5.41, 5.74) is 1.68. The fraction of sp³-hybridized carbons (Fsp3) is 0.286. The molecule has 0 aliphatic heterocycles. The molecule has 0 fully saturated rings. The molecule has 20 heavy (non-hydrogen) atoms. The Hall–Kier alpha value is -2.50. The van der Waals surface area contributed by atoms with Gasteiger partial charge in [-0.05, 0) is 25.5 Å². The minimum atomic E-state index is -0.422. The monoisotopic (exact) mass is 272 g/mol. The van der Waals surface area contributed by atoms with Crippen LogP contribution in [0.15, 0.2) is 30.3 Å². The third kappa shape index (κ3) is 3.28. The molecule has 0 unspecified atom stereocenters. The van der Waals surface area contributed by atoms with Crippen molar-refractivity contribution in [1.82, 2.24) is 9.97 Å². The van der Waals surface area contributed by atoms with Gasteiger partial charge >= 0.3 is 0 Å². The molecule has 0 atom stereocenters. The summed E-state index contributed by atoms with van der Waals surface area (Å²) >= 11 is 0. The van der Waals surface area contributed by atoms with Crippen molar-refractivity contribution in [2.24, 2.45) is 0 Å². The number of hydrogen-bond donors (Lipinski definition) is 1. The van der Waals surface area contributed by atoms with E-state index in [2.05, 4.69) is 22.2 Å². The quantitative estimate of drug-likeness (QED) is 0.667. The second-order valence-electron chi connectivity index (χ2n) is 4.45. The Kier molecular flexibility index (Phi) is 4.24. The van der Waals surface area contributed by atoms with Crippen molar-refractivity contribution in [3.8, 4) is 11.4 Å². The summed E-state index contributed by atoms with van der Waals surface area (Å²) in [4.78, 5) is 19.0. The third-order valence-corrected chi connectivity index (χ3v) is 2.75. The van der Waals surface area contributed by atoms with Crippen molar-refractivity contribution in [2.75, 3.05) is 11.9 Å². The van der Waals surface area contributed by atoms with Crippen LogP contribution in [-0.2, 0) is 0 Å². The van der Waals surface area contributed by atoms with E-state index in [9.17, 15) is 10.1 Å². The Morgan fingerprint density at radius 2 is 1.95 bits per heavy atom. The lowest BCUT2D eigenvalue weighted by Gasteiger charge is -2.07. The minimum Gasteiger partial charge on any atom is -0.370 e. The predicted molar refractivity (Wildman–Crippen MR) is 77.6 cm³/mol. The number of non-ortho nitro benzene ring substituents is 1. The van der Waals surface area contributed by atoms with Gasteiger partial charge in [-0.2, -0.15) is 0 Å². The van der Waals surface area contributed by atoms with Crippen LogP contribution in [0.4, 0.5) is 11.5 Å². The van der Waals surface area contributed by atoms with Crippen LogP contribution in [0.5, 0.6) is 0 Å². The molecule has 0 saturated heterocycles. The molecule has 0 radical (unpaired) electrons. The maximum Gasteiger partial charge on any atom is 0.269 e. The Labute approximate surface area is 117 Å². The van der Waals surface area contributed by atoms with E-state index in [1.807, 2.05) is 13.0 Å². The second-order valence-corrected chi connectivity index (χ2v) is 4.45. The summed E-state index contributed by atoms with van der Waals surface area (Å²) in [5, 5.41) is 13.9. The molecule has 1 aromatic carbocycles. The molecule has 1 heterocycles. The van der Waals surface area contributed by atoms with Crippen molar-refractivity contribution in [1.29, 1.82) is 0 Å². The second kappa shape index (κ2) is 6.10. The van der Waals surface area contributed by atoms with Crippen molar-refractivity contribution in [2.45, 2.75) is 20.3 Å². The zero-order valence-electron chi connectivity index (χ0n) is 11.5. The molecule has 2 rings (SSSR count). The molecule has 1 N–H and O–H groups in total. The van der Waals surface area contributed by atoms with E-state index in [1.165, 1.54) is 12.1 Å². The topological polar surface area (TPSA) is 81.0 Å². The van der Waals surface area contributed by atoms with Crippen molar-refractivity contribution in [3.63, 3.8) is 0 Å². The van der Waals surface area contributed by atoms with Crippen LogP contribution in [0, 0.1) is 17.0 Å². The Bertz CT molecular complexity index is 611. The summed E-state index contributed by atoms with van der Waals surface area (Å²) in [7, 11) is 0. The average molecular weight is 272 g/mol.